The lowest BCUT2D eigenvalue weighted by Gasteiger charge is -2.38. The summed E-state index contributed by atoms with van der Waals surface area (Å²) < 4.78 is 2.15. The van der Waals surface area contributed by atoms with Crippen molar-refractivity contribution in [1.82, 2.24) is 19.4 Å². The summed E-state index contributed by atoms with van der Waals surface area (Å²) in [5, 5.41) is 0. The molecule has 0 bridgehead atoms. The van der Waals surface area contributed by atoms with Gasteiger partial charge in [-0.05, 0) is 38.9 Å². The number of benzene rings is 1. The van der Waals surface area contributed by atoms with Crippen molar-refractivity contribution in [3.63, 3.8) is 0 Å². The number of rotatable bonds is 3. The van der Waals surface area contributed by atoms with Crippen LogP contribution in [0.25, 0.3) is 11.0 Å². The number of fused-ring (bicyclic) bond motifs is 1. The maximum Gasteiger partial charge on any atom is 0.242 e. The molecule has 0 spiro atoms. The Morgan fingerprint density at radius 2 is 2.04 bits per heavy atom. The van der Waals surface area contributed by atoms with Crippen molar-refractivity contribution in [2.75, 3.05) is 26.7 Å². The van der Waals surface area contributed by atoms with Crippen molar-refractivity contribution in [2.24, 2.45) is 0 Å². The molecule has 1 aromatic heterocycles. The van der Waals surface area contributed by atoms with Crippen molar-refractivity contribution >= 4 is 16.9 Å². The van der Waals surface area contributed by atoms with Crippen LogP contribution in [0.2, 0.25) is 0 Å². The molecule has 1 aromatic carbocycles. The second kappa shape index (κ2) is 5.64. The molecular formula is C18H24N4O. The first-order valence-corrected chi connectivity index (χ1v) is 8.56. The highest BCUT2D eigenvalue weighted by atomic mass is 16.2. The van der Waals surface area contributed by atoms with Crippen LogP contribution in [-0.2, 0) is 11.3 Å². The third kappa shape index (κ3) is 2.74. The minimum absolute atomic E-state index is 0.218. The van der Waals surface area contributed by atoms with E-state index in [1.54, 1.807) is 0 Å². The number of para-hydroxylation sites is 2. The zero-order chi connectivity index (χ0) is 16.0. The molecule has 1 aliphatic carbocycles. The first-order valence-electron chi connectivity index (χ1n) is 8.56. The molecule has 122 valence electrons. The van der Waals surface area contributed by atoms with Crippen molar-refractivity contribution in [2.45, 2.75) is 38.3 Å². The number of carbonyl (C=O) groups excluding carboxylic acids is 1. The van der Waals surface area contributed by atoms with Crippen molar-refractivity contribution in [3.8, 4) is 0 Å². The van der Waals surface area contributed by atoms with Crippen LogP contribution in [0.15, 0.2) is 24.3 Å². The topological polar surface area (TPSA) is 41.4 Å². The summed E-state index contributed by atoms with van der Waals surface area (Å²) in [4.78, 5) is 22.0. The molecule has 1 saturated carbocycles. The average molecular weight is 312 g/mol. The molecule has 2 heterocycles. The van der Waals surface area contributed by atoms with Gasteiger partial charge in [-0.15, -0.1) is 0 Å². The highest BCUT2D eigenvalue weighted by Gasteiger charge is 2.32. The minimum atomic E-state index is 0.218. The van der Waals surface area contributed by atoms with E-state index in [0.717, 1.165) is 36.5 Å². The van der Waals surface area contributed by atoms with E-state index in [4.69, 9.17) is 4.98 Å². The maximum atomic E-state index is 12.9. The number of hydrogen-bond acceptors (Lipinski definition) is 3. The predicted molar refractivity (Wildman–Crippen MR) is 90.4 cm³/mol. The Morgan fingerprint density at radius 3 is 2.78 bits per heavy atom. The fraction of sp³-hybridized carbons (Fsp3) is 0.556. The van der Waals surface area contributed by atoms with Gasteiger partial charge in [-0.3, -0.25) is 4.79 Å². The fourth-order valence-corrected chi connectivity index (χ4v) is 3.65. The summed E-state index contributed by atoms with van der Waals surface area (Å²) in [5.41, 5.74) is 2.10. The molecule has 5 nitrogen and oxygen atoms in total. The van der Waals surface area contributed by atoms with Crippen LogP contribution < -0.4 is 0 Å². The molecule has 2 aliphatic rings. The summed E-state index contributed by atoms with van der Waals surface area (Å²) in [5.74, 6) is 1.86. The number of amides is 1. The molecule has 1 aliphatic heterocycles. The van der Waals surface area contributed by atoms with Crippen LogP contribution in [0.3, 0.4) is 0 Å². The highest BCUT2D eigenvalue weighted by Crippen LogP contribution is 2.40. The quantitative estimate of drug-likeness (QED) is 0.871. The Kier molecular flexibility index (Phi) is 3.60. The molecule has 0 radical (unpaired) electrons. The summed E-state index contributed by atoms with van der Waals surface area (Å²) in [7, 11) is 2.12. The number of nitrogens with zero attached hydrogens (tertiary/aromatic N) is 4. The van der Waals surface area contributed by atoms with Crippen molar-refractivity contribution < 1.29 is 4.79 Å². The predicted octanol–water partition coefficient (Wildman–Crippen LogP) is 2.08. The molecule has 2 aromatic rings. The van der Waals surface area contributed by atoms with E-state index in [1.807, 2.05) is 23.1 Å². The van der Waals surface area contributed by atoms with Crippen LogP contribution >= 0.6 is 0 Å². The lowest BCUT2D eigenvalue weighted by molar-refractivity contribution is -0.136. The first-order chi connectivity index (χ1) is 11.1. The van der Waals surface area contributed by atoms with E-state index in [0.29, 0.717) is 12.5 Å². The lowest BCUT2D eigenvalue weighted by atomic mass is 10.2. The van der Waals surface area contributed by atoms with E-state index in [1.165, 1.54) is 12.8 Å². The smallest absolute Gasteiger partial charge is 0.242 e. The third-order valence-electron chi connectivity index (χ3n) is 5.07. The Morgan fingerprint density at radius 1 is 1.26 bits per heavy atom. The van der Waals surface area contributed by atoms with Gasteiger partial charge in [0, 0.05) is 31.6 Å². The van der Waals surface area contributed by atoms with Gasteiger partial charge in [-0.25, -0.2) is 4.98 Å². The van der Waals surface area contributed by atoms with Crippen LogP contribution in [0, 0.1) is 0 Å². The zero-order valence-corrected chi connectivity index (χ0v) is 13.9. The van der Waals surface area contributed by atoms with Gasteiger partial charge in [0.1, 0.15) is 12.4 Å². The molecule has 23 heavy (non-hydrogen) atoms. The standard InChI is InChI=1S/C18H24N4O/c1-13-11-20(2)9-10-21(13)17(23)12-22-16-6-4-3-5-15(16)19-18(22)14-7-8-14/h3-6,13-14H,7-12H2,1-2H3/t13-/m0/s1. The summed E-state index contributed by atoms with van der Waals surface area (Å²) in [6, 6.07) is 8.44. The second-order valence-corrected chi connectivity index (χ2v) is 7.02. The SMILES string of the molecule is C[C@H]1CN(C)CCN1C(=O)Cn1c(C2CC2)nc2ccccc21. The normalized spacial score (nSPS) is 22.7. The van der Waals surface area contributed by atoms with Crippen LogP contribution in [0.1, 0.15) is 31.5 Å². The fourth-order valence-electron chi connectivity index (χ4n) is 3.65. The number of aromatic nitrogens is 2. The maximum absolute atomic E-state index is 12.9. The Bertz CT molecular complexity index is 734. The molecule has 4 rings (SSSR count). The van der Waals surface area contributed by atoms with E-state index >= 15 is 0 Å². The molecule has 1 atom stereocenters. The van der Waals surface area contributed by atoms with Crippen LogP contribution in [0.4, 0.5) is 0 Å². The molecule has 0 N–H and O–H groups in total. The number of likely N-dealkylation sites (N-methyl/N-ethyl adjacent to an activating group) is 1. The van der Waals surface area contributed by atoms with Gasteiger partial charge >= 0.3 is 0 Å². The first kappa shape index (κ1) is 14.7. The molecule has 1 amide bonds. The van der Waals surface area contributed by atoms with Crippen LogP contribution in [0.5, 0.6) is 0 Å². The Labute approximate surface area is 136 Å². The number of hydrogen-bond donors (Lipinski definition) is 0. The van der Waals surface area contributed by atoms with Gasteiger partial charge in [0.05, 0.1) is 11.0 Å². The van der Waals surface area contributed by atoms with Gasteiger partial charge in [-0.2, -0.15) is 0 Å². The molecule has 2 fully saturated rings. The zero-order valence-electron chi connectivity index (χ0n) is 13.9. The number of imidazole rings is 1. The Hall–Kier alpha value is -1.88. The van der Waals surface area contributed by atoms with Crippen molar-refractivity contribution in [3.05, 3.63) is 30.1 Å². The highest BCUT2D eigenvalue weighted by molar-refractivity contribution is 5.81. The van der Waals surface area contributed by atoms with E-state index in [-0.39, 0.29) is 11.9 Å². The minimum Gasteiger partial charge on any atom is -0.336 e. The van der Waals surface area contributed by atoms with Gasteiger partial charge in [0.2, 0.25) is 5.91 Å². The van der Waals surface area contributed by atoms with Gasteiger partial charge in [0.15, 0.2) is 0 Å². The largest absolute Gasteiger partial charge is 0.336 e. The van der Waals surface area contributed by atoms with E-state index in [9.17, 15) is 4.79 Å². The van der Waals surface area contributed by atoms with Gasteiger partial charge in [-0.1, -0.05) is 12.1 Å². The van der Waals surface area contributed by atoms with E-state index < -0.39 is 0 Å². The molecule has 5 heteroatoms. The average Bonchev–Trinajstić information content (AvgIpc) is 3.31. The van der Waals surface area contributed by atoms with Crippen molar-refractivity contribution in [1.29, 1.82) is 0 Å². The summed E-state index contributed by atoms with van der Waals surface area (Å²) >= 11 is 0. The molecular weight excluding hydrogens is 288 g/mol. The lowest BCUT2D eigenvalue weighted by Crippen LogP contribution is -2.53. The van der Waals surface area contributed by atoms with Gasteiger partial charge in [0.25, 0.3) is 0 Å². The number of piperazine rings is 1. The molecule has 1 saturated heterocycles. The monoisotopic (exact) mass is 312 g/mol. The van der Waals surface area contributed by atoms with Crippen LogP contribution in [-0.4, -0.2) is 58.0 Å². The Balaban J connectivity index is 1.62. The second-order valence-electron chi connectivity index (χ2n) is 7.02. The van der Waals surface area contributed by atoms with E-state index in [2.05, 4.69) is 29.5 Å². The number of carbonyl (C=O) groups is 1. The third-order valence-corrected chi connectivity index (χ3v) is 5.07. The molecule has 0 unspecified atom stereocenters. The summed E-state index contributed by atoms with van der Waals surface area (Å²) in [6.45, 7) is 5.28. The van der Waals surface area contributed by atoms with Gasteiger partial charge < -0.3 is 14.4 Å². The summed E-state index contributed by atoms with van der Waals surface area (Å²) in [6.07, 6.45) is 2.39.